The first-order valence-electron chi connectivity index (χ1n) is 6.06. The Morgan fingerprint density at radius 1 is 1.10 bits per heavy atom. The lowest BCUT2D eigenvalue weighted by atomic mass is 10.2. The summed E-state index contributed by atoms with van der Waals surface area (Å²) in [6.07, 6.45) is 0. The zero-order valence-corrected chi connectivity index (χ0v) is 13.2. The topological polar surface area (TPSA) is 66.4 Å². The summed E-state index contributed by atoms with van der Waals surface area (Å²) in [6.45, 7) is -0.249. The fraction of sp³-hybridized carbons (Fsp3) is 0.143. The van der Waals surface area contributed by atoms with Crippen molar-refractivity contribution in [2.75, 3.05) is 0 Å². The van der Waals surface area contributed by atoms with Crippen molar-refractivity contribution in [3.8, 4) is 0 Å². The highest BCUT2D eigenvalue weighted by molar-refractivity contribution is 7.89. The molecule has 2 rings (SSSR count). The van der Waals surface area contributed by atoms with E-state index in [-0.39, 0.29) is 33.7 Å². The van der Waals surface area contributed by atoms with Crippen LogP contribution in [0.4, 0.5) is 0 Å². The van der Waals surface area contributed by atoms with Crippen LogP contribution in [0.1, 0.15) is 11.1 Å². The fourth-order valence-electron chi connectivity index (χ4n) is 1.78. The molecule has 0 radical (unpaired) electrons. The maximum Gasteiger partial charge on any atom is 0.242 e. The molecule has 4 nitrogen and oxygen atoms in total. The molecule has 2 N–H and O–H groups in total. The summed E-state index contributed by atoms with van der Waals surface area (Å²) in [4.78, 5) is -0.142. The Morgan fingerprint density at radius 2 is 1.76 bits per heavy atom. The van der Waals surface area contributed by atoms with Gasteiger partial charge in [0.25, 0.3) is 0 Å². The zero-order chi connectivity index (χ0) is 15.5. The zero-order valence-electron chi connectivity index (χ0n) is 10.9. The lowest BCUT2D eigenvalue weighted by Gasteiger charge is -2.11. The normalized spacial score (nSPS) is 11.6. The molecule has 0 aromatic heterocycles. The Hall–Kier alpha value is -1.11. The molecule has 0 heterocycles. The Kier molecular flexibility index (Phi) is 5.24. The molecular formula is C14H13Cl2NO3S. The van der Waals surface area contributed by atoms with Crippen LogP contribution in [0, 0.1) is 0 Å². The van der Waals surface area contributed by atoms with Crippen molar-refractivity contribution in [1.29, 1.82) is 0 Å². The number of aliphatic hydroxyl groups excluding tert-OH is 1. The maximum absolute atomic E-state index is 12.3. The minimum atomic E-state index is -3.82. The first kappa shape index (κ1) is 16.3. The van der Waals surface area contributed by atoms with Gasteiger partial charge in [0, 0.05) is 11.6 Å². The van der Waals surface area contributed by atoms with E-state index in [0.29, 0.717) is 0 Å². The highest BCUT2D eigenvalue weighted by atomic mass is 35.5. The van der Waals surface area contributed by atoms with Crippen molar-refractivity contribution in [2.45, 2.75) is 18.0 Å². The van der Waals surface area contributed by atoms with Crippen molar-refractivity contribution in [3.63, 3.8) is 0 Å². The lowest BCUT2D eigenvalue weighted by Crippen LogP contribution is -2.23. The van der Waals surface area contributed by atoms with Crippen LogP contribution in [0.2, 0.25) is 10.0 Å². The van der Waals surface area contributed by atoms with E-state index in [2.05, 4.69) is 4.72 Å². The minimum absolute atomic E-state index is 0.0255. The minimum Gasteiger partial charge on any atom is -0.392 e. The summed E-state index contributed by atoms with van der Waals surface area (Å²) < 4.78 is 27.1. The van der Waals surface area contributed by atoms with Crippen LogP contribution < -0.4 is 4.72 Å². The van der Waals surface area contributed by atoms with Gasteiger partial charge in [0.05, 0.1) is 11.6 Å². The van der Waals surface area contributed by atoms with Gasteiger partial charge in [0.2, 0.25) is 10.0 Å². The smallest absolute Gasteiger partial charge is 0.242 e. The Bertz CT molecular complexity index is 733. The summed E-state index contributed by atoms with van der Waals surface area (Å²) in [7, 11) is -3.82. The molecule has 0 saturated heterocycles. The number of sulfonamides is 1. The molecule has 0 fully saturated rings. The van der Waals surface area contributed by atoms with Crippen LogP contribution in [-0.4, -0.2) is 13.5 Å². The van der Waals surface area contributed by atoms with Gasteiger partial charge in [-0.05, 0) is 23.3 Å². The third-order valence-corrected chi connectivity index (χ3v) is 5.05. The first-order chi connectivity index (χ1) is 9.94. The molecule has 112 valence electrons. The quantitative estimate of drug-likeness (QED) is 0.875. The summed E-state index contributed by atoms with van der Waals surface area (Å²) in [5, 5.41) is 9.35. The summed E-state index contributed by atoms with van der Waals surface area (Å²) >= 11 is 11.9. The van der Waals surface area contributed by atoms with Crippen molar-refractivity contribution < 1.29 is 13.5 Å². The van der Waals surface area contributed by atoms with Gasteiger partial charge in [0.1, 0.15) is 4.90 Å². The summed E-state index contributed by atoms with van der Waals surface area (Å²) in [5.41, 5.74) is 1.09. The predicted octanol–water partition coefficient (Wildman–Crippen LogP) is 2.96. The summed E-state index contributed by atoms with van der Waals surface area (Å²) in [6, 6.07) is 11.8. The number of aliphatic hydroxyl groups is 1. The molecule has 0 atom stereocenters. The molecule has 7 heteroatoms. The molecular weight excluding hydrogens is 333 g/mol. The largest absolute Gasteiger partial charge is 0.392 e. The number of benzene rings is 2. The highest BCUT2D eigenvalue weighted by Crippen LogP contribution is 2.29. The Balaban J connectivity index is 2.30. The average Bonchev–Trinajstić information content (AvgIpc) is 2.48. The number of hydrogen-bond donors (Lipinski definition) is 2. The average molecular weight is 346 g/mol. The van der Waals surface area contributed by atoms with Gasteiger partial charge in [-0.15, -0.1) is 0 Å². The van der Waals surface area contributed by atoms with Gasteiger partial charge in [-0.2, -0.15) is 0 Å². The molecule has 0 amide bonds. The number of halogens is 2. The van der Waals surface area contributed by atoms with Crippen LogP contribution in [0.25, 0.3) is 0 Å². The second kappa shape index (κ2) is 6.77. The third-order valence-electron chi connectivity index (χ3n) is 2.85. The molecule has 0 aliphatic rings. The molecule has 0 spiro atoms. The van der Waals surface area contributed by atoms with Crippen molar-refractivity contribution in [1.82, 2.24) is 4.72 Å². The lowest BCUT2D eigenvalue weighted by molar-refractivity contribution is 0.281. The van der Waals surface area contributed by atoms with E-state index >= 15 is 0 Å². The van der Waals surface area contributed by atoms with Gasteiger partial charge < -0.3 is 5.11 Å². The van der Waals surface area contributed by atoms with E-state index in [1.807, 2.05) is 18.2 Å². The van der Waals surface area contributed by atoms with Gasteiger partial charge in [-0.3, -0.25) is 0 Å². The first-order valence-corrected chi connectivity index (χ1v) is 8.30. The summed E-state index contributed by atoms with van der Waals surface area (Å²) in [5.74, 6) is 0. The fourth-order valence-corrected chi connectivity index (χ4v) is 3.72. The van der Waals surface area contributed by atoms with Crippen LogP contribution in [0.15, 0.2) is 47.4 Å². The van der Waals surface area contributed by atoms with Gasteiger partial charge in [-0.1, -0.05) is 53.5 Å². The van der Waals surface area contributed by atoms with Crippen LogP contribution >= 0.6 is 23.2 Å². The monoisotopic (exact) mass is 345 g/mol. The van der Waals surface area contributed by atoms with E-state index in [1.165, 1.54) is 12.1 Å². The van der Waals surface area contributed by atoms with Gasteiger partial charge in [-0.25, -0.2) is 13.1 Å². The van der Waals surface area contributed by atoms with Gasteiger partial charge >= 0.3 is 0 Å². The number of nitrogens with one attached hydrogen (secondary N) is 1. The van der Waals surface area contributed by atoms with Crippen LogP contribution in [-0.2, 0) is 23.2 Å². The van der Waals surface area contributed by atoms with E-state index < -0.39 is 10.0 Å². The van der Waals surface area contributed by atoms with Crippen LogP contribution in [0.3, 0.4) is 0 Å². The van der Waals surface area contributed by atoms with Crippen molar-refractivity contribution >= 4 is 33.2 Å². The molecule has 0 saturated carbocycles. The number of hydrogen-bond acceptors (Lipinski definition) is 3. The van der Waals surface area contributed by atoms with Crippen LogP contribution in [0.5, 0.6) is 0 Å². The predicted molar refractivity (Wildman–Crippen MR) is 82.9 cm³/mol. The number of rotatable bonds is 5. The standard InChI is InChI=1S/C14H13Cl2NO3S/c15-12-6-11(9-18)14(16)13(7-12)21(19,20)17-8-10-4-2-1-3-5-10/h1-7,17-18H,8-9H2. The van der Waals surface area contributed by atoms with E-state index in [9.17, 15) is 13.5 Å². The molecule has 2 aromatic rings. The van der Waals surface area contributed by atoms with E-state index in [4.69, 9.17) is 23.2 Å². The second-order valence-corrected chi connectivity index (χ2v) is 6.90. The molecule has 0 aliphatic carbocycles. The van der Waals surface area contributed by atoms with Gasteiger partial charge in [0.15, 0.2) is 0 Å². The highest BCUT2D eigenvalue weighted by Gasteiger charge is 2.20. The van der Waals surface area contributed by atoms with E-state index in [1.54, 1.807) is 12.1 Å². The molecule has 2 aromatic carbocycles. The van der Waals surface area contributed by atoms with Crippen molar-refractivity contribution in [3.05, 3.63) is 63.6 Å². The Labute approximate surface area is 133 Å². The third kappa shape index (κ3) is 3.96. The molecule has 0 aliphatic heterocycles. The Morgan fingerprint density at radius 3 is 2.38 bits per heavy atom. The van der Waals surface area contributed by atoms with E-state index in [0.717, 1.165) is 5.56 Å². The SMILES string of the molecule is O=S(=O)(NCc1ccccc1)c1cc(Cl)cc(CO)c1Cl. The maximum atomic E-state index is 12.3. The molecule has 0 unspecified atom stereocenters. The van der Waals surface area contributed by atoms with Crippen molar-refractivity contribution in [2.24, 2.45) is 0 Å². The molecule has 21 heavy (non-hydrogen) atoms. The second-order valence-electron chi connectivity index (χ2n) is 4.35. The molecule has 0 bridgehead atoms.